The molecule has 0 fully saturated rings. The van der Waals surface area contributed by atoms with Crippen LogP contribution >= 0.6 is 0 Å². The minimum absolute atomic E-state index is 0.926. The summed E-state index contributed by atoms with van der Waals surface area (Å²) >= 11 is 0. The zero-order valence-corrected chi connectivity index (χ0v) is 7.75. The Hall–Kier alpha value is -1.11. The van der Waals surface area contributed by atoms with Gasteiger partial charge < -0.3 is 0 Å². The molecule has 1 aliphatic heterocycles. The molecule has 1 nitrogen and oxygen atoms in total. The van der Waals surface area contributed by atoms with E-state index >= 15 is 0 Å². The van der Waals surface area contributed by atoms with Gasteiger partial charge in [0.1, 0.15) is 0 Å². The highest BCUT2D eigenvalue weighted by Gasteiger charge is 1.91. The molecule has 0 saturated heterocycles. The second-order valence-corrected chi connectivity index (χ2v) is 2.97. The monoisotopic (exact) mass is 161 g/mol. The van der Waals surface area contributed by atoms with E-state index in [0.717, 1.165) is 18.5 Å². The molecule has 0 atom stereocenters. The zero-order chi connectivity index (χ0) is 8.81. The number of hydrogen-bond acceptors (Lipinski definition) is 1. The first-order chi connectivity index (χ1) is 5.80. The van der Waals surface area contributed by atoms with Crippen molar-refractivity contribution in [1.82, 2.24) is 0 Å². The minimum Gasteiger partial charge on any atom is -0.266 e. The smallest absolute Gasteiger partial charge is 0.0361 e. The molecule has 64 valence electrons. The molecule has 0 aromatic heterocycles. The Labute approximate surface area is 74.2 Å². The lowest BCUT2D eigenvalue weighted by atomic mass is 10.1. The van der Waals surface area contributed by atoms with E-state index < -0.39 is 0 Å². The highest BCUT2D eigenvalue weighted by Crippen LogP contribution is 2.10. The Bertz CT molecular complexity index is 254. The van der Waals surface area contributed by atoms with E-state index in [4.69, 9.17) is 0 Å². The molecule has 0 radical (unpaired) electrons. The van der Waals surface area contributed by atoms with E-state index in [2.05, 4.69) is 43.1 Å². The maximum Gasteiger partial charge on any atom is 0.0361 e. The van der Waals surface area contributed by atoms with E-state index in [1.54, 1.807) is 0 Å². The van der Waals surface area contributed by atoms with Gasteiger partial charge in [0, 0.05) is 18.3 Å². The molecule has 0 spiro atoms. The maximum atomic E-state index is 4.34. The molecule has 1 rings (SSSR count). The average molecular weight is 161 g/mol. The number of hydrogen-bond donors (Lipinski definition) is 0. The van der Waals surface area contributed by atoms with Gasteiger partial charge in [0.2, 0.25) is 0 Å². The normalized spacial score (nSPS) is 29.8. The molecule has 0 saturated carbocycles. The van der Waals surface area contributed by atoms with Crippen LogP contribution in [0.25, 0.3) is 0 Å². The Balaban J connectivity index is 2.77. The van der Waals surface area contributed by atoms with Crippen molar-refractivity contribution in [3.05, 3.63) is 35.6 Å². The summed E-state index contributed by atoms with van der Waals surface area (Å²) in [5.41, 5.74) is 2.49. The summed E-state index contributed by atoms with van der Waals surface area (Å²) < 4.78 is 0. The van der Waals surface area contributed by atoms with E-state index in [1.807, 2.05) is 6.21 Å². The Morgan fingerprint density at radius 2 is 1.92 bits per heavy atom. The van der Waals surface area contributed by atoms with Crippen LogP contribution in [0.4, 0.5) is 0 Å². The SMILES string of the molecule is C/C1=C(\C)N=CC/C=C\C=C/C1. The fraction of sp³-hybridized carbons (Fsp3) is 0.364. The summed E-state index contributed by atoms with van der Waals surface area (Å²) in [6, 6.07) is 0. The second-order valence-electron chi connectivity index (χ2n) is 2.97. The maximum absolute atomic E-state index is 4.34. The van der Waals surface area contributed by atoms with Crippen LogP contribution in [0.1, 0.15) is 26.7 Å². The molecule has 1 heterocycles. The molecule has 0 aromatic carbocycles. The van der Waals surface area contributed by atoms with Crippen molar-refractivity contribution in [1.29, 1.82) is 0 Å². The van der Waals surface area contributed by atoms with Gasteiger partial charge in [-0.2, -0.15) is 0 Å². The van der Waals surface area contributed by atoms with Crippen LogP contribution in [-0.4, -0.2) is 6.21 Å². The first-order valence-corrected chi connectivity index (χ1v) is 4.31. The van der Waals surface area contributed by atoms with E-state index in [-0.39, 0.29) is 0 Å². The van der Waals surface area contributed by atoms with Crippen LogP contribution in [0, 0.1) is 0 Å². The van der Waals surface area contributed by atoms with Gasteiger partial charge in [0.15, 0.2) is 0 Å². The summed E-state index contributed by atoms with van der Waals surface area (Å²) in [4.78, 5) is 4.34. The Morgan fingerprint density at radius 3 is 2.75 bits per heavy atom. The topological polar surface area (TPSA) is 12.4 Å². The fourth-order valence-corrected chi connectivity index (χ4v) is 0.989. The third-order valence-electron chi connectivity index (χ3n) is 1.95. The van der Waals surface area contributed by atoms with Crippen LogP contribution in [0.3, 0.4) is 0 Å². The van der Waals surface area contributed by atoms with Crippen LogP contribution in [0.2, 0.25) is 0 Å². The average Bonchev–Trinajstić information content (AvgIpc) is 2.08. The van der Waals surface area contributed by atoms with Crippen molar-refractivity contribution in [2.24, 2.45) is 4.99 Å². The van der Waals surface area contributed by atoms with E-state index in [1.165, 1.54) is 5.57 Å². The van der Waals surface area contributed by atoms with Crippen molar-refractivity contribution in [3.63, 3.8) is 0 Å². The molecule has 0 unspecified atom stereocenters. The predicted octanol–water partition coefficient (Wildman–Crippen LogP) is 3.26. The third kappa shape index (κ3) is 2.87. The number of rotatable bonds is 0. The van der Waals surface area contributed by atoms with Gasteiger partial charge in [-0.05, 0) is 25.8 Å². The van der Waals surface area contributed by atoms with Crippen LogP contribution in [-0.2, 0) is 0 Å². The zero-order valence-electron chi connectivity index (χ0n) is 7.75. The number of aliphatic imine (C=N–C) groups is 1. The van der Waals surface area contributed by atoms with Gasteiger partial charge in [0.25, 0.3) is 0 Å². The third-order valence-corrected chi connectivity index (χ3v) is 1.95. The summed E-state index contributed by atoms with van der Waals surface area (Å²) in [6.45, 7) is 4.19. The first-order valence-electron chi connectivity index (χ1n) is 4.31. The first kappa shape index (κ1) is 8.98. The highest BCUT2D eigenvalue weighted by molar-refractivity contribution is 5.61. The molecule has 0 aliphatic carbocycles. The lowest BCUT2D eigenvalue weighted by molar-refractivity contribution is 1.11. The van der Waals surface area contributed by atoms with Crippen molar-refractivity contribution in [2.75, 3.05) is 0 Å². The summed E-state index contributed by atoms with van der Waals surface area (Å²) in [7, 11) is 0. The molecule has 0 aromatic rings. The van der Waals surface area contributed by atoms with Gasteiger partial charge in [-0.25, -0.2) is 0 Å². The Morgan fingerprint density at radius 1 is 1.17 bits per heavy atom. The molecule has 1 aliphatic rings. The molecule has 1 heteroatoms. The quantitative estimate of drug-likeness (QED) is 0.517. The van der Waals surface area contributed by atoms with E-state index in [9.17, 15) is 0 Å². The van der Waals surface area contributed by atoms with Crippen LogP contribution in [0.15, 0.2) is 40.6 Å². The predicted molar refractivity (Wildman–Crippen MR) is 54.4 cm³/mol. The minimum atomic E-state index is 0.926. The van der Waals surface area contributed by atoms with Gasteiger partial charge >= 0.3 is 0 Å². The van der Waals surface area contributed by atoms with Crippen molar-refractivity contribution in [2.45, 2.75) is 26.7 Å². The molecule has 12 heavy (non-hydrogen) atoms. The van der Waals surface area contributed by atoms with E-state index in [0.29, 0.717) is 0 Å². The molecule has 0 amide bonds. The van der Waals surface area contributed by atoms with Gasteiger partial charge in [0.05, 0.1) is 0 Å². The van der Waals surface area contributed by atoms with Crippen molar-refractivity contribution < 1.29 is 0 Å². The molecular weight excluding hydrogens is 146 g/mol. The second kappa shape index (κ2) is 4.70. The largest absolute Gasteiger partial charge is 0.266 e. The standard InChI is InChI=1S/C11H15N/c1-10-8-6-4-3-5-7-9-12-11(10)2/h3-6,9H,7-8H2,1-2H3/b5-3-,6-4-,11-10-,12-9?. The summed E-state index contributed by atoms with van der Waals surface area (Å²) in [5.74, 6) is 0. The number of allylic oxidation sites excluding steroid dienone is 6. The van der Waals surface area contributed by atoms with Gasteiger partial charge in [-0.15, -0.1) is 0 Å². The lowest BCUT2D eigenvalue weighted by Gasteiger charge is -1.99. The fourth-order valence-electron chi connectivity index (χ4n) is 0.989. The summed E-state index contributed by atoms with van der Waals surface area (Å²) in [6.07, 6.45) is 12.3. The van der Waals surface area contributed by atoms with Crippen LogP contribution in [0.5, 0.6) is 0 Å². The molecule has 0 N–H and O–H groups in total. The van der Waals surface area contributed by atoms with Crippen molar-refractivity contribution >= 4 is 6.21 Å². The lowest BCUT2D eigenvalue weighted by Crippen LogP contribution is -1.82. The molecule has 0 bridgehead atoms. The number of nitrogens with zero attached hydrogens (tertiary/aromatic N) is 1. The molecular formula is C11H15N. The van der Waals surface area contributed by atoms with Crippen molar-refractivity contribution in [3.8, 4) is 0 Å². The summed E-state index contributed by atoms with van der Waals surface area (Å²) in [5, 5.41) is 0. The van der Waals surface area contributed by atoms with Gasteiger partial charge in [-0.3, -0.25) is 4.99 Å². The van der Waals surface area contributed by atoms with Crippen LogP contribution < -0.4 is 0 Å². The Kier molecular flexibility index (Phi) is 3.52. The highest BCUT2D eigenvalue weighted by atomic mass is 14.7. The van der Waals surface area contributed by atoms with Gasteiger partial charge in [-0.1, -0.05) is 24.3 Å².